The van der Waals surface area contributed by atoms with Crippen LogP contribution in [0.4, 0.5) is 4.39 Å². The second kappa shape index (κ2) is 10.4. The Balaban J connectivity index is 1.34. The SMILES string of the molecule is CN(CCCCCc1cc(-c2ccc(F)cc2)n[nH]1)C(=O)C1CCN(S(C)(=O)=O)CC1. The molecule has 0 radical (unpaired) electrons. The zero-order valence-corrected chi connectivity index (χ0v) is 19.0. The van der Waals surface area contributed by atoms with E-state index in [0.29, 0.717) is 32.5 Å². The number of benzene rings is 1. The molecule has 2 heterocycles. The molecule has 1 aromatic carbocycles. The maximum absolute atomic E-state index is 13.0. The summed E-state index contributed by atoms with van der Waals surface area (Å²) in [4.78, 5) is 14.4. The average Bonchev–Trinajstić information content (AvgIpc) is 3.21. The highest BCUT2D eigenvalue weighted by atomic mass is 32.2. The molecule has 0 saturated carbocycles. The molecule has 0 spiro atoms. The van der Waals surface area contributed by atoms with Crippen molar-refractivity contribution >= 4 is 15.9 Å². The molecule has 1 N–H and O–H groups in total. The number of aryl methyl sites for hydroxylation is 1. The van der Waals surface area contributed by atoms with Crippen molar-refractivity contribution in [3.05, 3.63) is 41.8 Å². The van der Waals surface area contributed by atoms with Crippen LogP contribution in [0, 0.1) is 11.7 Å². The molecular weight excluding hydrogens is 419 g/mol. The van der Waals surface area contributed by atoms with Crippen LogP contribution < -0.4 is 0 Å². The van der Waals surface area contributed by atoms with Gasteiger partial charge < -0.3 is 4.90 Å². The number of carbonyl (C=O) groups excluding carboxylic acids is 1. The Morgan fingerprint density at radius 1 is 1.19 bits per heavy atom. The van der Waals surface area contributed by atoms with E-state index in [-0.39, 0.29) is 17.6 Å². The lowest BCUT2D eigenvalue weighted by atomic mass is 9.96. The summed E-state index contributed by atoms with van der Waals surface area (Å²) in [6.45, 7) is 1.55. The Morgan fingerprint density at radius 3 is 2.52 bits per heavy atom. The van der Waals surface area contributed by atoms with Gasteiger partial charge in [-0.25, -0.2) is 17.1 Å². The number of sulfonamides is 1. The second-order valence-electron chi connectivity index (χ2n) is 8.29. The largest absolute Gasteiger partial charge is 0.346 e. The first kappa shape index (κ1) is 23.4. The monoisotopic (exact) mass is 450 g/mol. The third-order valence-electron chi connectivity index (χ3n) is 5.86. The van der Waals surface area contributed by atoms with Gasteiger partial charge in [-0.15, -0.1) is 0 Å². The van der Waals surface area contributed by atoms with Gasteiger partial charge in [-0.1, -0.05) is 6.42 Å². The highest BCUT2D eigenvalue weighted by Crippen LogP contribution is 2.22. The average molecular weight is 451 g/mol. The minimum atomic E-state index is -3.17. The summed E-state index contributed by atoms with van der Waals surface area (Å²) < 4.78 is 37.7. The molecule has 0 unspecified atom stereocenters. The standard InChI is InChI=1S/C22H31FN4O3S/c1-26(22(28)18-11-14-27(15-12-18)31(2,29)30)13-5-3-4-6-20-16-21(25-24-20)17-7-9-19(23)10-8-17/h7-10,16,18H,3-6,11-15H2,1-2H3,(H,24,25). The number of rotatable bonds is 9. The molecule has 9 heteroatoms. The van der Waals surface area contributed by atoms with Crippen LogP contribution in [0.15, 0.2) is 30.3 Å². The van der Waals surface area contributed by atoms with E-state index in [1.165, 1.54) is 22.7 Å². The van der Waals surface area contributed by atoms with E-state index < -0.39 is 10.0 Å². The maximum atomic E-state index is 13.0. The Hall–Kier alpha value is -2.26. The maximum Gasteiger partial charge on any atom is 0.225 e. The van der Waals surface area contributed by atoms with E-state index >= 15 is 0 Å². The van der Waals surface area contributed by atoms with E-state index in [9.17, 15) is 17.6 Å². The van der Waals surface area contributed by atoms with Crippen molar-refractivity contribution in [3.8, 4) is 11.3 Å². The fraction of sp³-hybridized carbons (Fsp3) is 0.545. The molecule has 0 aliphatic carbocycles. The van der Waals surface area contributed by atoms with Crippen LogP contribution in [0.2, 0.25) is 0 Å². The minimum absolute atomic E-state index is 0.0853. The van der Waals surface area contributed by atoms with Gasteiger partial charge in [0.1, 0.15) is 5.82 Å². The number of unbranched alkanes of at least 4 members (excludes halogenated alkanes) is 2. The highest BCUT2D eigenvalue weighted by Gasteiger charge is 2.30. The molecule has 2 aromatic rings. The number of hydrogen-bond acceptors (Lipinski definition) is 4. The van der Waals surface area contributed by atoms with Crippen LogP contribution in [0.5, 0.6) is 0 Å². The quantitative estimate of drug-likeness (QED) is 0.595. The number of aromatic nitrogens is 2. The van der Waals surface area contributed by atoms with Crippen molar-refractivity contribution in [2.75, 3.05) is 32.9 Å². The number of halogens is 1. The number of hydrogen-bond donors (Lipinski definition) is 1. The third-order valence-corrected chi connectivity index (χ3v) is 7.16. The molecule has 1 aliphatic rings. The van der Waals surface area contributed by atoms with Crippen LogP contribution in [0.1, 0.15) is 37.8 Å². The number of H-pyrrole nitrogens is 1. The summed E-state index contributed by atoms with van der Waals surface area (Å²) >= 11 is 0. The van der Waals surface area contributed by atoms with Crippen molar-refractivity contribution < 1.29 is 17.6 Å². The van der Waals surface area contributed by atoms with Crippen LogP contribution in [-0.4, -0.2) is 66.7 Å². The second-order valence-corrected chi connectivity index (χ2v) is 10.3. The Bertz CT molecular complexity index is 967. The lowest BCUT2D eigenvalue weighted by molar-refractivity contribution is -0.135. The zero-order chi connectivity index (χ0) is 22.4. The zero-order valence-electron chi connectivity index (χ0n) is 18.2. The number of nitrogens with zero attached hydrogens (tertiary/aromatic N) is 3. The van der Waals surface area contributed by atoms with E-state index in [1.54, 1.807) is 17.0 Å². The predicted molar refractivity (Wildman–Crippen MR) is 118 cm³/mol. The molecule has 1 amide bonds. The molecule has 0 bridgehead atoms. The van der Waals surface area contributed by atoms with Crippen molar-refractivity contribution in [2.45, 2.75) is 38.5 Å². The molecule has 7 nitrogen and oxygen atoms in total. The molecule has 31 heavy (non-hydrogen) atoms. The van der Waals surface area contributed by atoms with Crippen LogP contribution in [0.3, 0.4) is 0 Å². The van der Waals surface area contributed by atoms with E-state index in [2.05, 4.69) is 10.2 Å². The van der Waals surface area contributed by atoms with Gasteiger partial charge in [-0.05, 0) is 62.4 Å². The van der Waals surface area contributed by atoms with Crippen molar-refractivity contribution in [3.63, 3.8) is 0 Å². The van der Waals surface area contributed by atoms with Crippen LogP contribution >= 0.6 is 0 Å². The minimum Gasteiger partial charge on any atom is -0.346 e. The first-order valence-corrected chi connectivity index (χ1v) is 12.6. The van der Waals surface area contributed by atoms with Gasteiger partial charge in [0.15, 0.2) is 0 Å². The van der Waals surface area contributed by atoms with Crippen molar-refractivity contribution in [1.82, 2.24) is 19.4 Å². The molecule has 3 rings (SSSR count). The van der Waals surface area contributed by atoms with Gasteiger partial charge >= 0.3 is 0 Å². The van der Waals surface area contributed by atoms with Gasteiger partial charge in [0.25, 0.3) is 0 Å². The van der Waals surface area contributed by atoms with E-state index in [1.807, 2.05) is 13.1 Å². The number of amides is 1. The van der Waals surface area contributed by atoms with Crippen molar-refractivity contribution in [1.29, 1.82) is 0 Å². The molecule has 1 fully saturated rings. The van der Waals surface area contributed by atoms with Crippen LogP contribution in [-0.2, 0) is 21.2 Å². The predicted octanol–water partition coefficient (Wildman–Crippen LogP) is 3.06. The van der Waals surface area contributed by atoms with E-state index in [4.69, 9.17) is 0 Å². The van der Waals surface area contributed by atoms with Gasteiger partial charge in [-0.2, -0.15) is 5.10 Å². The first-order chi connectivity index (χ1) is 14.7. The number of piperidine rings is 1. The molecule has 0 atom stereocenters. The lowest BCUT2D eigenvalue weighted by Crippen LogP contribution is -2.43. The topological polar surface area (TPSA) is 86.4 Å². The van der Waals surface area contributed by atoms with Gasteiger partial charge in [0.05, 0.1) is 11.9 Å². The summed E-state index contributed by atoms with van der Waals surface area (Å²) in [7, 11) is -1.34. The molecule has 1 aromatic heterocycles. The summed E-state index contributed by atoms with van der Waals surface area (Å²) in [6, 6.07) is 8.28. The Morgan fingerprint density at radius 2 is 1.87 bits per heavy atom. The third kappa shape index (κ3) is 6.61. The summed E-state index contributed by atoms with van der Waals surface area (Å²) in [5, 5.41) is 7.34. The van der Waals surface area contributed by atoms with E-state index in [0.717, 1.165) is 42.6 Å². The summed E-state index contributed by atoms with van der Waals surface area (Å²) in [5.41, 5.74) is 2.73. The van der Waals surface area contributed by atoms with Gasteiger partial charge in [-0.3, -0.25) is 9.89 Å². The lowest BCUT2D eigenvalue weighted by Gasteiger charge is -2.31. The van der Waals surface area contributed by atoms with Crippen LogP contribution in [0.25, 0.3) is 11.3 Å². The fourth-order valence-corrected chi connectivity index (χ4v) is 4.83. The molecular formula is C22H31FN4O3S. The Labute approximate surface area is 183 Å². The summed E-state index contributed by atoms with van der Waals surface area (Å²) in [6.07, 6.45) is 6.17. The molecule has 1 saturated heterocycles. The normalized spacial score (nSPS) is 15.8. The fourth-order valence-electron chi connectivity index (χ4n) is 3.96. The van der Waals surface area contributed by atoms with Crippen molar-refractivity contribution in [2.24, 2.45) is 5.92 Å². The first-order valence-electron chi connectivity index (χ1n) is 10.7. The Kier molecular flexibility index (Phi) is 7.83. The summed E-state index contributed by atoms with van der Waals surface area (Å²) in [5.74, 6) is -0.231. The highest BCUT2D eigenvalue weighted by molar-refractivity contribution is 7.88. The molecule has 170 valence electrons. The van der Waals surface area contributed by atoms with Gasteiger partial charge in [0, 0.05) is 43.9 Å². The smallest absolute Gasteiger partial charge is 0.225 e. The molecule has 1 aliphatic heterocycles. The number of aromatic amines is 1. The number of nitrogens with one attached hydrogen (secondary N) is 1. The van der Waals surface area contributed by atoms with Gasteiger partial charge in [0.2, 0.25) is 15.9 Å². The number of carbonyl (C=O) groups is 1.